The zero-order valence-corrected chi connectivity index (χ0v) is 11.1. The van der Waals surface area contributed by atoms with Gasteiger partial charge in [0.2, 0.25) is 0 Å². The van der Waals surface area contributed by atoms with E-state index in [9.17, 15) is 14.4 Å². The quantitative estimate of drug-likeness (QED) is 0.478. The Labute approximate surface area is 96.7 Å². The molecule has 0 bridgehead atoms. The van der Waals surface area contributed by atoms with Crippen LogP contribution in [0.3, 0.4) is 0 Å². The first kappa shape index (κ1) is 14.0. The van der Waals surface area contributed by atoms with Gasteiger partial charge in [-0.25, -0.2) is 0 Å². The molecule has 15 heavy (non-hydrogen) atoms. The van der Waals surface area contributed by atoms with Crippen molar-refractivity contribution >= 4 is 17.8 Å². The second kappa shape index (κ2) is 6.47. The number of primary amides is 1. The van der Waals surface area contributed by atoms with E-state index in [2.05, 4.69) is 0 Å². The minimum atomic E-state index is -1.15. The van der Waals surface area contributed by atoms with Gasteiger partial charge in [-0.15, -0.1) is 0 Å². The molecule has 1 atom stereocenters. The third kappa shape index (κ3) is 4.85. The Morgan fingerprint density at radius 2 is 1.93 bits per heavy atom. The number of rotatable bonds is 6. The Balaban J connectivity index is 4.45. The third-order valence-corrected chi connectivity index (χ3v) is 3.49. The fourth-order valence-electron chi connectivity index (χ4n) is 0.983. The van der Waals surface area contributed by atoms with Crippen LogP contribution >= 0.6 is 0 Å². The van der Waals surface area contributed by atoms with Crippen molar-refractivity contribution in [3.05, 3.63) is 0 Å². The van der Waals surface area contributed by atoms with E-state index in [1.807, 2.05) is 0 Å². The van der Waals surface area contributed by atoms with Crippen LogP contribution in [0.25, 0.3) is 0 Å². The second-order valence-corrected chi connectivity index (χ2v) is 4.36. The summed E-state index contributed by atoms with van der Waals surface area (Å²) in [5.41, 5.74) is 10.0. The van der Waals surface area contributed by atoms with Crippen molar-refractivity contribution in [2.75, 3.05) is 6.54 Å². The predicted octanol–water partition coefficient (Wildman–Crippen LogP) is -2.05. The first-order valence-corrected chi connectivity index (χ1v) is 5.56. The minimum absolute atomic E-state index is 0.0242. The van der Waals surface area contributed by atoms with E-state index in [-0.39, 0.29) is 19.4 Å². The van der Waals surface area contributed by atoms with Gasteiger partial charge in [-0.05, 0) is 0 Å². The summed E-state index contributed by atoms with van der Waals surface area (Å²) in [7, 11) is 0. The van der Waals surface area contributed by atoms with Crippen LogP contribution in [0, 0.1) is 0 Å². The van der Waals surface area contributed by atoms with Gasteiger partial charge in [-0.3, -0.25) is 0 Å². The zero-order valence-electron chi connectivity index (χ0n) is 8.18. The molecule has 81 valence electrons. The van der Waals surface area contributed by atoms with E-state index in [0.29, 0.717) is 18.5 Å². The van der Waals surface area contributed by atoms with Crippen molar-refractivity contribution in [1.82, 2.24) is 3.64 Å². The van der Waals surface area contributed by atoms with Crippen molar-refractivity contribution in [1.29, 1.82) is 0 Å². The molecule has 8 heteroatoms. The summed E-state index contributed by atoms with van der Waals surface area (Å²) in [5, 5.41) is 8.83. The van der Waals surface area contributed by atoms with E-state index >= 15 is 0 Å². The van der Waals surface area contributed by atoms with Gasteiger partial charge in [0.25, 0.3) is 0 Å². The molecule has 0 heterocycles. The van der Waals surface area contributed by atoms with Gasteiger partial charge in [-0.2, -0.15) is 0 Å². The van der Waals surface area contributed by atoms with Gasteiger partial charge in [0, 0.05) is 0 Å². The summed E-state index contributed by atoms with van der Waals surface area (Å²) >= 11 is 0.353. The summed E-state index contributed by atoms with van der Waals surface area (Å²) in [6.07, 6.45) is -0.0400. The number of carbonyl (C=O) groups is 3. The van der Waals surface area contributed by atoms with E-state index in [4.69, 9.17) is 16.6 Å². The molecule has 0 aromatic rings. The normalized spacial score (nSPS) is 11.9. The molecule has 0 rings (SSSR count). The van der Waals surface area contributed by atoms with Crippen LogP contribution < -0.4 is 11.5 Å². The van der Waals surface area contributed by atoms with Crippen molar-refractivity contribution in [3.8, 4) is 0 Å². The van der Waals surface area contributed by atoms with Crippen molar-refractivity contribution < 1.29 is 38.0 Å². The van der Waals surface area contributed by atoms with Gasteiger partial charge < -0.3 is 0 Å². The number of carboxylic acid groups (broad SMARTS) is 1. The number of nitrogens with two attached hydrogens (primary N) is 2. The number of nitrogens with zero attached hydrogens (tertiary/aromatic N) is 1. The number of amides is 2. The van der Waals surface area contributed by atoms with Gasteiger partial charge in [-0.1, -0.05) is 0 Å². The standard InChI is InChI=1S/C7H13N3O4.Zn/c8-3-6(12)10-4(7(13)14)1-2-5(9)11;/h4H,1-3,8H2,(H4,9,10,11,12,13,14);/q;+1/p-1/t4-;/m0./s1. The third-order valence-electron chi connectivity index (χ3n) is 1.82. The Bertz CT molecular complexity index is 271. The zero-order chi connectivity index (χ0) is 12.0. The average molecular weight is 268 g/mol. The van der Waals surface area contributed by atoms with E-state index in [1.54, 1.807) is 0 Å². The summed E-state index contributed by atoms with van der Waals surface area (Å²) in [6, 6.07) is -1.01. The summed E-state index contributed by atoms with van der Waals surface area (Å²) in [4.78, 5) is 32.5. The molecule has 0 spiro atoms. The number of carboxylic acids is 1. The van der Waals surface area contributed by atoms with Gasteiger partial charge in [0.15, 0.2) is 0 Å². The van der Waals surface area contributed by atoms with Crippen LogP contribution in [-0.2, 0) is 32.9 Å². The van der Waals surface area contributed by atoms with E-state index in [1.165, 1.54) is 0 Å². The molecule has 0 aliphatic heterocycles. The molecule has 0 fully saturated rings. The van der Waals surface area contributed by atoms with E-state index < -0.39 is 23.8 Å². The molecular formula is C7H12N3O4Zn. The van der Waals surface area contributed by atoms with Gasteiger partial charge in [0.05, 0.1) is 0 Å². The number of aliphatic carboxylic acids is 1. The summed E-state index contributed by atoms with van der Waals surface area (Å²) in [5.74, 6) is -2.17. The number of hydrogen-bond donors (Lipinski definition) is 3. The summed E-state index contributed by atoms with van der Waals surface area (Å²) < 4.78 is 1.13. The Morgan fingerprint density at radius 3 is 2.27 bits per heavy atom. The Hall–Kier alpha value is -1.01. The maximum absolute atomic E-state index is 11.2. The van der Waals surface area contributed by atoms with E-state index in [0.717, 1.165) is 3.64 Å². The monoisotopic (exact) mass is 266 g/mol. The molecule has 5 N–H and O–H groups in total. The fraction of sp³-hybridized carbons (Fsp3) is 0.571. The maximum atomic E-state index is 11.2. The van der Waals surface area contributed by atoms with Crippen molar-refractivity contribution in [2.45, 2.75) is 18.9 Å². The van der Waals surface area contributed by atoms with Crippen LogP contribution in [0.15, 0.2) is 0 Å². The SMILES string of the molecule is NCC(=O)[N]([Zn])[C@@H](CCC(N)=O)C(=O)O. The van der Waals surface area contributed by atoms with Gasteiger partial charge >= 0.3 is 96.4 Å². The van der Waals surface area contributed by atoms with Crippen molar-refractivity contribution in [2.24, 2.45) is 11.5 Å². The molecule has 0 radical (unpaired) electrons. The first-order valence-electron chi connectivity index (χ1n) is 4.23. The fourth-order valence-corrected chi connectivity index (χ4v) is 1.96. The molecule has 0 aromatic heterocycles. The van der Waals surface area contributed by atoms with Crippen molar-refractivity contribution in [3.63, 3.8) is 0 Å². The van der Waals surface area contributed by atoms with Crippen LogP contribution in [0.5, 0.6) is 0 Å². The Kier molecular flexibility index (Phi) is 6.04. The molecule has 0 saturated heterocycles. The number of carbonyl (C=O) groups excluding carboxylic acids is 2. The molecule has 0 saturated carbocycles. The molecule has 0 unspecified atom stereocenters. The van der Waals surface area contributed by atoms with Gasteiger partial charge in [0.1, 0.15) is 0 Å². The van der Waals surface area contributed by atoms with Crippen LogP contribution in [0.4, 0.5) is 0 Å². The molecule has 0 aliphatic carbocycles. The second-order valence-electron chi connectivity index (χ2n) is 2.93. The molecule has 7 nitrogen and oxygen atoms in total. The molecule has 0 aliphatic rings. The van der Waals surface area contributed by atoms with Crippen LogP contribution in [0.1, 0.15) is 12.8 Å². The first-order chi connectivity index (χ1) is 6.90. The number of hydrogen-bond acceptors (Lipinski definition) is 4. The average Bonchev–Trinajstić information content (AvgIpc) is 2.15. The molecule has 2 amide bonds. The molecular weight excluding hydrogens is 255 g/mol. The molecule has 0 aromatic carbocycles. The topological polar surface area (TPSA) is 127 Å². The van der Waals surface area contributed by atoms with Crippen LogP contribution in [-0.4, -0.2) is 39.1 Å². The summed E-state index contributed by atoms with van der Waals surface area (Å²) in [6.45, 7) is -0.236. The Morgan fingerprint density at radius 1 is 1.40 bits per heavy atom. The van der Waals surface area contributed by atoms with Crippen LogP contribution in [0.2, 0.25) is 0 Å². The predicted molar refractivity (Wildman–Crippen MR) is 45.8 cm³/mol.